The molecule has 0 saturated carbocycles. The number of carbonyl (C=O) groups excluding carboxylic acids is 1. The van der Waals surface area contributed by atoms with Crippen LogP contribution in [0, 0.1) is 0 Å². The highest BCUT2D eigenvalue weighted by Gasteiger charge is 2.33. The van der Waals surface area contributed by atoms with Crippen LogP contribution in [0.25, 0.3) is 0 Å². The summed E-state index contributed by atoms with van der Waals surface area (Å²) in [5.41, 5.74) is 0. The van der Waals surface area contributed by atoms with Crippen molar-refractivity contribution >= 4 is 6.03 Å². The highest BCUT2D eigenvalue weighted by molar-refractivity contribution is 5.76. The minimum Gasteiger partial charge on any atom is -0.396 e. The molecule has 0 unspecified atom stereocenters. The van der Waals surface area contributed by atoms with E-state index in [2.05, 4.69) is 5.32 Å². The second-order valence-corrected chi connectivity index (χ2v) is 4.52. The van der Waals surface area contributed by atoms with E-state index in [-0.39, 0.29) is 12.6 Å². The zero-order valence-corrected chi connectivity index (χ0v) is 9.69. The molecule has 2 heterocycles. The molecule has 0 aliphatic carbocycles. The van der Waals surface area contributed by atoms with E-state index in [0.29, 0.717) is 19.0 Å². The molecule has 0 atom stereocenters. The molecule has 16 heavy (non-hydrogen) atoms. The Morgan fingerprint density at radius 3 is 2.75 bits per heavy atom. The number of nitrogens with one attached hydrogen (secondary N) is 1. The Kier molecular flexibility index (Phi) is 4.01. The van der Waals surface area contributed by atoms with Crippen LogP contribution in [0.2, 0.25) is 0 Å². The van der Waals surface area contributed by atoms with Gasteiger partial charge in [0, 0.05) is 32.3 Å². The number of hydrogen-bond acceptors (Lipinski definition) is 3. The van der Waals surface area contributed by atoms with Gasteiger partial charge in [-0.1, -0.05) is 0 Å². The second-order valence-electron chi connectivity index (χ2n) is 4.52. The molecule has 0 spiro atoms. The fourth-order valence-corrected chi connectivity index (χ4v) is 2.53. The van der Waals surface area contributed by atoms with Crippen LogP contribution in [-0.4, -0.2) is 66.3 Å². The molecular formula is C11H21N3O2. The molecule has 2 amide bonds. The van der Waals surface area contributed by atoms with Gasteiger partial charge in [0.05, 0.1) is 0 Å². The molecule has 2 rings (SSSR count). The summed E-state index contributed by atoms with van der Waals surface area (Å²) < 4.78 is 0. The van der Waals surface area contributed by atoms with Crippen molar-refractivity contribution in [2.24, 2.45) is 0 Å². The topological polar surface area (TPSA) is 55.8 Å². The Labute approximate surface area is 96.4 Å². The number of carbonyl (C=O) groups is 1. The highest BCUT2D eigenvalue weighted by Crippen LogP contribution is 2.18. The summed E-state index contributed by atoms with van der Waals surface area (Å²) in [6.07, 6.45) is 2.82. The summed E-state index contributed by atoms with van der Waals surface area (Å²) in [7, 11) is 0. The lowest BCUT2D eigenvalue weighted by Gasteiger charge is -2.31. The van der Waals surface area contributed by atoms with Gasteiger partial charge in [0.1, 0.15) is 0 Å². The number of hydrogen-bond donors (Lipinski definition) is 2. The molecule has 0 aromatic rings. The molecule has 0 aromatic heterocycles. The average Bonchev–Trinajstić information content (AvgIpc) is 2.69. The molecule has 0 bridgehead atoms. The second kappa shape index (κ2) is 5.50. The standard InChI is InChI=1S/C11H21N3O2/c15-9-1-6-13-7-8-14(11(13)16)10-2-4-12-5-3-10/h10,12,15H,1-9H2. The summed E-state index contributed by atoms with van der Waals surface area (Å²) in [5, 5.41) is 12.1. The maximum absolute atomic E-state index is 12.1. The minimum absolute atomic E-state index is 0.164. The molecule has 2 aliphatic heterocycles. The van der Waals surface area contributed by atoms with Gasteiger partial charge in [0.2, 0.25) is 0 Å². The summed E-state index contributed by atoms with van der Waals surface area (Å²) in [6.45, 7) is 4.57. The molecule has 0 aromatic carbocycles. The Bertz CT molecular complexity index is 241. The lowest BCUT2D eigenvalue weighted by molar-refractivity contribution is 0.163. The Morgan fingerprint density at radius 1 is 1.31 bits per heavy atom. The maximum Gasteiger partial charge on any atom is 0.320 e. The molecule has 5 nitrogen and oxygen atoms in total. The predicted octanol–water partition coefficient (Wildman–Crippen LogP) is -0.142. The Morgan fingerprint density at radius 2 is 2.06 bits per heavy atom. The summed E-state index contributed by atoms with van der Waals surface area (Å²) in [6, 6.07) is 0.591. The number of amides is 2. The monoisotopic (exact) mass is 227 g/mol. The number of nitrogens with zero attached hydrogens (tertiary/aromatic N) is 2. The SMILES string of the molecule is O=C1N(CCCO)CCN1C1CCNCC1. The third kappa shape index (κ3) is 2.47. The first-order valence-corrected chi connectivity index (χ1v) is 6.20. The number of piperidine rings is 1. The first kappa shape index (κ1) is 11.7. The lowest BCUT2D eigenvalue weighted by Crippen LogP contribution is -2.45. The summed E-state index contributed by atoms with van der Waals surface area (Å²) >= 11 is 0. The zero-order valence-electron chi connectivity index (χ0n) is 9.69. The number of urea groups is 1. The largest absolute Gasteiger partial charge is 0.396 e. The van der Waals surface area contributed by atoms with Gasteiger partial charge in [-0.3, -0.25) is 0 Å². The van der Waals surface area contributed by atoms with E-state index in [1.54, 1.807) is 0 Å². The molecule has 5 heteroatoms. The van der Waals surface area contributed by atoms with Crippen molar-refractivity contribution in [3.05, 3.63) is 0 Å². The van der Waals surface area contributed by atoms with Crippen molar-refractivity contribution in [3.63, 3.8) is 0 Å². The van der Waals surface area contributed by atoms with Gasteiger partial charge in [-0.2, -0.15) is 0 Å². The van der Waals surface area contributed by atoms with Crippen molar-refractivity contribution in [1.29, 1.82) is 0 Å². The van der Waals surface area contributed by atoms with E-state index >= 15 is 0 Å². The van der Waals surface area contributed by atoms with Crippen molar-refractivity contribution < 1.29 is 9.90 Å². The normalized spacial score (nSPS) is 23.2. The van der Waals surface area contributed by atoms with Gasteiger partial charge in [0.25, 0.3) is 0 Å². The van der Waals surface area contributed by atoms with Gasteiger partial charge < -0.3 is 20.2 Å². The fraction of sp³-hybridized carbons (Fsp3) is 0.909. The van der Waals surface area contributed by atoms with Gasteiger partial charge in [-0.25, -0.2) is 4.79 Å². The molecule has 2 aliphatic rings. The molecule has 2 N–H and O–H groups in total. The summed E-state index contributed by atoms with van der Waals surface area (Å²) in [5.74, 6) is 0. The zero-order chi connectivity index (χ0) is 11.4. The van der Waals surface area contributed by atoms with Crippen LogP contribution in [0.5, 0.6) is 0 Å². The molecule has 92 valence electrons. The van der Waals surface area contributed by atoms with E-state index in [1.165, 1.54) is 0 Å². The third-order valence-corrected chi connectivity index (χ3v) is 3.46. The summed E-state index contributed by atoms with van der Waals surface area (Å²) in [4.78, 5) is 15.9. The van der Waals surface area contributed by atoms with Crippen molar-refractivity contribution in [3.8, 4) is 0 Å². The van der Waals surface area contributed by atoms with Gasteiger partial charge >= 0.3 is 6.03 Å². The maximum atomic E-state index is 12.1. The van der Waals surface area contributed by atoms with E-state index in [0.717, 1.165) is 39.0 Å². The first-order valence-electron chi connectivity index (χ1n) is 6.20. The number of rotatable bonds is 4. The van der Waals surface area contributed by atoms with Crippen molar-refractivity contribution in [2.45, 2.75) is 25.3 Å². The first-order chi connectivity index (χ1) is 7.83. The lowest BCUT2D eigenvalue weighted by atomic mass is 10.1. The van der Waals surface area contributed by atoms with Crippen LogP contribution in [0.4, 0.5) is 4.79 Å². The van der Waals surface area contributed by atoms with E-state index in [9.17, 15) is 4.79 Å². The molecule has 2 fully saturated rings. The minimum atomic E-state index is 0.164. The van der Waals surface area contributed by atoms with Crippen molar-refractivity contribution in [2.75, 3.05) is 39.3 Å². The van der Waals surface area contributed by atoms with Gasteiger partial charge in [-0.15, -0.1) is 0 Å². The molecule has 2 saturated heterocycles. The molecule has 0 radical (unpaired) electrons. The van der Waals surface area contributed by atoms with Crippen LogP contribution in [0.1, 0.15) is 19.3 Å². The predicted molar refractivity (Wildman–Crippen MR) is 61.3 cm³/mol. The number of aliphatic hydroxyl groups excluding tert-OH is 1. The average molecular weight is 227 g/mol. The third-order valence-electron chi connectivity index (χ3n) is 3.46. The number of aliphatic hydroxyl groups is 1. The fourth-order valence-electron chi connectivity index (χ4n) is 2.53. The Balaban J connectivity index is 1.85. The van der Waals surface area contributed by atoms with Crippen molar-refractivity contribution in [1.82, 2.24) is 15.1 Å². The van der Waals surface area contributed by atoms with E-state index in [4.69, 9.17) is 5.11 Å². The quantitative estimate of drug-likeness (QED) is 0.703. The van der Waals surface area contributed by atoms with E-state index in [1.807, 2.05) is 9.80 Å². The van der Waals surface area contributed by atoms with Gasteiger partial charge in [0.15, 0.2) is 0 Å². The van der Waals surface area contributed by atoms with Crippen LogP contribution in [-0.2, 0) is 0 Å². The van der Waals surface area contributed by atoms with E-state index < -0.39 is 0 Å². The Hall–Kier alpha value is -0.810. The van der Waals surface area contributed by atoms with Crippen LogP contribution < -0.4 is 5.32 Å². The van der Waals surface area contributed by atoms with Crippen LogP contribution in [0.15, 0.2) is 0 Å². The van der Waals surface area contributed by atoms with Gasteiger partial charge in [-0.05, 0) is 32.4 Å². The molecular weight excluding hydrogens is 206 g/mol. The van der Waals surface area contributed by atoms with Crippen LogP contribution in [0.3, 0.4) is 0 Å². The highest BCUT2D eigenvalue weighted by atomic mass is 16.3. The van der Waals surface area contributed by atoms with Crippen LogP contribution >= 0.6 is 0 Å². The smallest absolute Gasteiger partial charge is 0.320 e.